The molecular weight excluding hydrogens is 296 g/mol. The van der Waals surface area contributed by atoms with Crippen LogP contribution < -0.4 is 10.6 Å². The van der Waals surface area contributed by atoms with Crippen molar-refractivity contribution in [1.82, 2.24) is 10.6 Å². The summed E-state index contributed by atoms with van der Waals surface area (Å²) in [5, 5.41) is 16.0. The number of nitrogens with one attached hydrogen (secondary N) is 2. The first-order valence-electron chi connectivity index (χ1n) is 7.33. The van der Waals surface area contributed by atoms with Crippen molar-refractivity contribution in [3.05, 3.63) is 48.0 Å². The van der Waals surface area contributed by atoms with Gasteiger partial charge in [0.05, 0.1) is 6.42 Å². The SMILES string of the molecule is O=C(O)CC1NC(=O)C(Cc2ccc3ccccc3c2)NC1=O. The van der Waals surface area contributed by atoms with Gasteiger partial charge in [-0.2, -0.15) is 0 Å². The summed E-state index contributed by atoms with van der Waals surface area (Å²) in [5.74, 6) is -1.94. The number of fused-ring (bicyclic) bond motifs is 1. The lowest BCUT2D eigenvalue weighted by molar-refractivity contribution is -0.143. The largest absolute Gasteiger partial charge is 0.481 e. The van der Waals surface area contributed by atoms with Gasteiger partial charge in [-0.15, -0.1) is 0 Å². The van der Waals surface area contributed by atoms with E-state index in [0.29, 0.717) is 6.42 Å². The summed E-state index contributed by atoms with van der Waals surface area (Å²) in [6.45, 7) is 0. The standard InChI is InChI=1S/C17H16N2O4/c20-15(21)9-14-17(23)18-13(16(22)19-14)8-10-5-6-11-3-1-2-4-12(11)7-10/h1-7,13-14H,8-9H2,(H,18,23)(H,19,22)(H,20,21). The van der Waals surface area contributed by atoms with Crippen molar-refractivity contribution in [2.24, 2.45) is 0 Å². The summed E-state index contributed by atoms with van der Waals surface area (Å²) < 4.78 is 0. The normalized spacial score (nSPS) is 20.9. The molecule has 1 aliphatic rings. The lowest BCUT2D eigenvalue weighted by Gasteiger charge is -2.29. The van der Waals surface area contributed by atoms with Crippen molar-refractivity contribution in [2.75, 3.05) is 0 Å². The van der Waals surface area contributed by atoms with E-state index in [4.69, 9.17) is 5.11 Å². The first-order valence-corrected chi connectivity index (χ1v) is 7.33. The third-order valence-electron chi connectivity index (χ3n) is 3.90. The molecule has 3 rings (SSSR count). The summed E-state index contributed by atoms with van der Waals surface area (Å²) in [7, 11) is 0. The molecule has 0 aromatic heterocycles. The monoisotopic (exact) mass is 312 g/mol. The van der Waals surface area contributed by atoms with Crippen LogP contribution in [0.25, 0.3) is 10.8 Å². The molecule has 0 saturated carbocycles. The number of amides is 2. The smallest absolute Gasteiger partial charge is 0.305 e. The van der Waals surface area contributed by atoms with Gasteiger partial charge in [0.1, 0.15) is 12.1 Å². The van der Waals surface area contributed by atoms with Gasteiger partial charge in [0.2, 0.25) is 11.8 Å². The van der Waals surface area contributed by atoms with Crippen LogP contribution >= 0.6 is 0 Å². The number of carbonyl (C=O) groups excluding carboxylic acids is 2. The molecule has 2 unspecified atom stereocenters. The lowest BCUT2D eigenvalue weighted by Crippen LogP contribution is -2.62. The van der Waals surface area contributed by atoms with Gasteiger partial charge in [0, 0.05) is 6.42 Å². The molecule has 2 atom stereocenters. The zero-order chi connectivity index (χ0) is 16.4. The van der Waals surface area contributed by atoms with E-state index in [9.17, 15) is 14.4 Å². The third kappa shape index (κ3) is 3.31. The van der Waals surface area contributed by atoms with Crippen molar-refractivity contribution in [1.29, 1.82) is 0 Å². The van der Waals surface area contributed by atoms with Gasteiger partial charge in [-0.05, 0) is 16.3 Å². The summed E-state index contributed by atoms with van der Waals surface area (Å²) in [5.41, 5.74) is 0.931. The van der Waals surface area contributed by atoms with E-state index in [2.05, 4.69) is 10.6 Å². The van der Waals surface area contributed by atoms with Crippen molar-refractivity contribution >= 4 is 28.6 Å². The molecule has 3 N–H and O–H groups in total. The van der Waals surface area contributed by atoms with Crippen LogP contribution in [0.3, 0.4) is 0 Å². The molecule has 1 aliphatic heterocycles. The molecule has 2 amide bonds. The molecule has 2 aromatic carbocycles. The van der Waals surface area contributed by atoms with Crippen molar-refractivity contribution in [3.63, 3.8) is 0 Å². The fraction of sp³-hybridized carbons (Fsp3) is 0.235. The van der Waals surface area contributed by atoms with Crippen LogP contribution in [-0.2, 0) is 20.8 Å². The molecular formula is C17H16N2O4. The number of carboxylic acid groups (broad SMARTS) is 1. The van der Waals surface area contributed by atoms with Gasteiger partial charge >= 0.3 is 5.97 Å². The predicted molar refractivity (Wildman–Crippen MR) is 83.8 cm³/mol. The molecule has 0 bridgehead atoms. The van der Waals surface area contributed by atoms with Crippen LogP contribution in [0, 0.1) is 0 Å². The molecule has 1 fully saturated rings. The van der Waals surface area contributed by atoms with Crippen molar-refractivity contribution in [2.45, 2.75) is 24.9 Å². The molecule has 118 valence electrons. The second kappa shape index (κ2) is 6.08. The predicted octanol–water partition coefficient (Wildman–Crippen LogP) is 0.840. The number of rotatable bonds is 4. The van der Waals surface area contributed by atoms with Crippen LogP contribution in [0.2, 0.25) is 0 Å². The Hall–Kier alpha value is -2.89. The highest BCUT2D eigenvalue weighted by Gasteiger charge is 2.34. The minimum absolute atomic E-state index is 0.357. The van der Waals surface area contributed by atoms with Gasteiger partial charge in [-0.25, -0.2) is 0 Å². The number of carboxylic acids is 1. The number of hydrogen-bond donors (Lipinski definition) is 3. The Morgan fingerprint density at radius 3 is 2.35 bits per heavy atom. The fourth-order valence-electron chi connectivity index (χ4n) is 2.74. The topological polar surface area (TPSA) is 95.5 Å². The Balaban J connectivity index is 1.73. The maximum absolute atomic E-state index is 12.1. The molecule has 0 aliphatic carbocycles. The summed E-state index contributed by atoms with van der Waals surface area (Å²) >= 11 is 0. The van der Waals surface area contributed by atoms with Crippen LogP contribution in [0.1, 0.15) is 12.0 Å². The van der Waals surface area contributed by atoms with E-state index in [1.165, 1.54) is 0 Å². The molecule has 1 heterocycles. The maximum atomic E-state index is 12.1. The molecule has 0 radical (unpaired) electrons. The number of aliphatic carboxylic acids is 1. The Morgan fingerprint density at radius 1 is 0.957 bits per heavy atom. The van der Waals surface area contributed by atoms with Gasteiger partial charge < -0.3 is 15.7 Å². The Morgan fingerprint density at radius 2 is 1.61 bits per heavy atom. The summed E-state index contributed by atoms with van der Waals surface area (Å²) in [4.78, 5) is 34.7. The molecule has 6 heteroatoms. The van der Waals surface area contributed by atoms with E-state index >= 15 is 0 Å². The van der Waals surface area contributed by atoms with Crippen LogP contribution in [0.5, 0.6) is 0 Å². The molecule has 0 spiro atoms. The number of hydrogen-bond acceptors (Lipinski definition) is 3. The Bertz CT molecular complexity index is 787. The summed E-state index contributed by atoms with van der Waals surface area (Å²) in [6.07, 6.45) is -0.0531. The molecule has 6 nitrogen and oxygen atoms in total. The van der Waals surface area contributed by atoms with Gasteiger partial charge in [-0.3, -0.25) is 14.4 Å². The molecule has 2 aromatic rings. The first kappa shape index (κ1) is 15.0. The average Bonchev–Trinajstić information content (AvgIpc) is 2.51. The Labute approximate surface area is 132 Å². The lowest BCUT2D eigenvalue weighted by atomic mass is 9.99. The Kier molecular flexibility index (Phi) is 3.97. The van der Waals surface area contributed by atoms with Gasteiger partial charge in [-0.1, -0.05) is 42.5 Å². The van der Waals surface area contributed by atoms with E-state index in [0.717, 1.165) is 16.3 Å². The van der Waals surface area contributed by atoms with Gasteiger partial charge in [0.15, 0.2) is 0 Å². The van der Waals surface area contributed by atoms with Crippen LogP contribution in [-0.4, -0.2) is 35.0 Å². The third-order valence-corrected chi connectivity index (χ3v) is 3.90. The maximum Gasteiger partial charge on any atom is 0.305 e. The van der Waals surface area contributed by atoms with Crippen LogP contribution in [0.15, 0.2) is 42.5 Å². The average molecular weight is 312 g/mol. The number of piperazine rings is 1. The second-order valence-electron chi connectivity index (χ2n) is 5.61. The molecule has 1 saturated heterocycles. The minimum atomic E-state index is -1.13. The van der Waals surface area contributed by atoms with Crippen molar-refractivity contribution in [3.8, 4) is 0 Å². The van der Waals surface area contributed by atoms with E-state index in [1.807, 2.05) is 42.5 Å². The van der Waals surface area contributed by atoms with E-state index in [1.54, 1.807) is 0 Å². The molecule has 23 heavy (non-hydrogen) atoms. The highest BCUT2D eigenvalue weighted by Crippen LogP contribution is 2.17. The van der Waals surface area contributed by atoms with Crippen molar-refractivity contribution < 1.29 is 19.5 Å². The number of carbonyl (C=O) groups is 3. The van der Waals surface area contributed by atoms with E-state index < -0.39 is 30.4 Å². The van der Waals surface area contributed by atoms with E-state index in [-0.39, 0.29) is 5.91 Å². The zero-order valence-electron chi connectivity index (χ0n) is 12.3. The van der Waals surface area contributed by atoms with Gasteiger partial charge in [0.25, 0.3) is 0 Å². The quantitative estimate of drug-likeness (QED) is 0.779. The first-order chi connectivity index (χ1) is 11.0. The zero-order valence-corrected chi connectivity index (χ0v) is 12.3. The number of benzene rings is 2. The minimum Gasteiger partial charge on any atom is -0.481 e. The van der Waals surface area contributed by atoms with Crippen LogP contribution in [0.4, 0.5) is 0 Å². The fourth-order valence-corrected chi connectivity index (χ4v) is 2.74. The summed E-state index contributed by atoms with van der Waals surface area (Å²) in [6, 6.07) is 12.1. The second-order valence-corrected chi connectivity index (χ2v) is 5.61. The highest BCUT2D eigenvalue weighted by molar-refractivity contribution is 5.98. The highest BCUT2D eigenvalue weighted by atomic mass is 16.4.